The minimum Gasteiger partial charge on any atom is -0.314 e. The monoisotopic (exact) mass is 483 g/mol. The fourth-order valence-corrected chi connectivity index (χ4v) is 8.14. The van der Waals surface area contributed by atoms with E-state index < -0.39 is 36.1 Å². The maximum Gasteiger partial charge on any atom is 0.294 e. The number of fused-ring (bicyclic) bond motifs is 1. The van der Waals surface area contributed by atoms with Crippen LogP contribution in [0, 0.1) is 10.1 Å². The number of carbonyl (C=O) groups excluding carboxylic acids is 1. The molecule has 1 amide bonds. The molecule has 11 nitrogen and oxygen atoms in total. The van der Waals surface area contributed by atoms with Crippen LogP contribution in [0.1, 0.15) is 57.6 Å². The molecule has 2 atom stereocenters. The predicted molar refractivity (Wildman–Crippen MR) is 109 cm³/mol. The molecule has 2 rings (SSSR count). The second-order valence-corrected chi connectivity index (χ2v) is 12.4. The lowest BCUT2D eigenvalue weighted by Crippen LogP contribution is -2.33. The van der Waals surface area contributed by atoms with Gasteiger partial charge in [0.2, 0.25) is 5.91 Å². The van der Waals surface area contributed by atoms with Crippen molar-refractivity contribution < 1.29 is 31.6 Å². The zero-order valence-corrected chi connectivity index (χ0v) is 19.1. The molecule has 30 heavy (non-hydrogen) atoms. The summed E-state index contributed by atoms with van der Waals surface area (Å²) in [5.74, 6) is -0.726. The van der Waals surface area contributed by atoms with Crippen molar-refractivity contribution in [3.05, 3.63) is 21.7 Å². The number of sulfone groups is 1. The maximum absolute atomic E-state index is 12.6. The summed E-state index contributed by atoms with van der Waals surface area (Å²) in [6, 6.07) is 1.04. The standard InChI is InChI=1S/C16H25N3O8S3/c1-3-17-13-9-11(2)29(23,24)16-12(13)10-15(28-16)30(25,26)18-14(20)7-5-4-6-8-27-19(21)22/h10-11,13,17H,3-9H2,1-2H3,(H,18,20)/t11?,13-/m0/s1. The van der Waals surface area contributed by atoms with E-state index in [1.807, 2.05) is 11.6 Å². The van der Waals surface area contributed by atoms with Crippen molar-refractivity contribution in [3.8, 4) is 0 Å². The van der Waals surface area contributed by atoms with Crippen molar-refractivity contribution in [3.63, 3.8) is 0 Å². The summed E-state index contributed by atoms with van der Waals surface area (Å²) >= 11 is 0.651. The van der Waals surface area contributed by atoms with Gasteiger partial charge in [0, 0.05) is 18.0 Å². The van der Waals surface area contributed by atoms with E-state index in [0.717, 1.165) is 0 Å². The molecule has 1 aromatic rings. The molecule has 0 radical (unpaired) electrons. The summed E-state index contributed by atoms with van der Waals surface area (Å²) in [6.45, 7) is 3.97. The molecule has 0 saturated carbocycles. The van der Waals surface area contributed by atoms with Crippen LogP contribution in [0.25, 0.3) is 0 Å². The van der Waals surface area contributed by atoms with Crippen LogP contribution in [0.4, 0.5) is 0 Å². The number of amides is 1. The second-order valence-electron chi connectivity index (χ2n) is 6.91. The zero-order chi connectivity index (χ0) is 22.5. The van der Waals surface area contributed by atoms with Crippen molar-refractivity contribution in [2.45, 2.75) is 65.7 Å². The SMILES string of the molecule is CCN[C@H]1CC(C)S(=O)(=O)c2sc(S(=O)(=O)NC(=O)CCCCCO[N+](=O)[O-])cc21. The molecule has 1 aliphatic heterocycles. The molecule has 0 aromatic carbocycles. The number of nitrogens with one attached hydrogen (secondary N) is 2. The van der Waals surface area contributed by atoms with Crippen molar-refractivity contribution >= 4 is 37.1 Å². The Morgan fingerprint density at radius 2 is 2.07 bits per heavy atom. The molecule has 0 saturated heterocycles. The van der Waals surface area contributed by atoms with Gasteiger partial charge in [0.25, 0.3) is 15.1 Å². The lowest BCUT2D eigenvalue weighted by Gasteiger charge is -2.27. The second kappa shape index (κ2) is 10.0. The molecule has 0 aliphatic carbocycles. The number of nitrogens with zero attached hydrogens (tertiary/aromatic N) is 1. The van der Waals surface area contributed by atoms with Crippen LogP contribution in [0.5, 0.6) is 0 Å². The van der Waals surface area contributed by atoms with Gasteiger partial charge in [-0.2, -0.15) is 0 Å². The summed E-state index contributed by atoms with van der Waals surface area (Å²) in [5, 5.41) is 11.7. The van der Waals surface area contributed by atoms with E-state index in [9.17, 15) is 31.7 Å². The van der Waals surface area contributed by atoms with Gasteiger partial charge in [-0.15, -0.1) is 21.5 Å². The minimum atomic E-state index is -4.21. The Morgan fingerprint density at radius 3 is 2.70 bits per heavy atom. The van der Waals surface area contributed by atoms with Gasteiger partial charge in [-0.05, 0) is 38.8 Å². The fourth-order valence-electron chi connectivity index (χ4n) is 3.13. The van der Waals surface area contributed by atoms with Crippen LogP contribution in [0.3, 0.4) is 0 Å². The maximum atomic E-state index is 12.6. The third-order valence-corrected chi connectivity index (χ3v) is 10.4. The molecule has 170 valence electrons. The van der Waals surface area contributed by atoms with Crippen LogP contribution in [0.2, 0.25) is 0 Å². The molecule has 1 unspecified atom stereocenters. The summed E-state index contributed by atoms with van der Waals surface area (Å²) in [7, 11) is -7.83. The van der Waals surface area contributed by atoms with Crippen LogP contribution < -0.4 is 10.0 Å². The number of carbonyl (C=O) groups is 1. The number of thiophene rings is 1. The first-order chi connectivity index (χ1) is 14.0. The molecule has 0 bridgehead atoms. The van der Waals surface area contributed by atoms with Gasteiger partial charge < -0.3 is 10.2 Å². The van der Waals surface area contributed by atoms with Crippen LogP contribution in [0.15, 0.2) is 14.5 Å². The molecular formula is C16H25N3O8S3. The molecule has 2 heterocycles. The Balaban J connectivity index is 2.06. The Labute approximate surface area is 179 Å². The molecule has 1 aromatic heterocycles. The number of rotatable bonds is 11. The molecule has 2 N–H and O–H groups in total. The Hall–Kier alpha value is -1.77. The normalized spacial score (nSPS) is 20.3. The van der Waals surface area contributed by atoms with E-state index in [1.165, 1.54) is 6.07 Å². The van der Waals surface area contributed by atoms with Gasteiger partial charge >= 0.3 is 0 Å². The smallest absolute Gasteiger partial charge is 0.294 e. The average Bonchev–Trinajstić information content (AvgIpc) is 3.10. The van der Waals surface area contributed by atoms with Gasteiger partial charge in [0.05, 0.1) is 11.9 Å². The number of hydrogen-bond acceptors (Lipinski definition) is 10. The van der Waals surface area contributed by atoms with Gasteiger partial charge in [-0.25, -0.2) is 21.6 Å². The summed E-state index contributed by atoms with van der Waals surface area (Å²) in [5.41, 5.74) is 0.415. The molecule has 1 aliphatic rings. The largest absolute Gasteiger partial charge is 0.314 e. The van der Waals surface area contributed by atoms with Crippen molar-refractivity contribution in [2.24, 2.45) is 0 Å². The zero-order valence-electron chi connectivity index (χ0n) is 16.6. The van der Waals surface area contributed by atoms with Crippen molar-refractivity contribution in [2.75, 3.05) is 13.2 Å². The Bertz CT molecular complexity index is 987. The Morgan fingerprint density at radius 1 is 1.37 bits per heavy atom. The lowest BCUT2D eigenvalue weighted by molar-refractivity contribution is -0.757. The first-order valence-electron chi connectivity index (χ1n) is 9.43. The topological polar surface area (TPSA) is 162 Å². The van der Waals surface area contributed by atoms with E-state index >= 15 is 0 Å². The van der Waals surface area contributed by atoms with Crippen LogP contribution in [-0.2, 0) is 29.5 Å². The van der Waals surface area contributed by atoms with E-state index in [0.29, 0.717) is 49.1 Å². The third-order valence-electron chi connectivity index (χ3n) is 4.64. The number of hydrogen-bond donors (Lipinski definition) is 2. The molecule has 14 heteroatoms. The van der Waals surface area contributed by atoms with E-state index in [4.69, 9.17) is 0 Å². The van der Waals surface area contributed by atoms with Gasteiger partial charge in [0.1, 0.15) is 8.42 Å². The highest BCUT2D eigenvalue weighted by Crippen LogP contribution is 2.42. The quantitative estimate of drug-likeness (QED) is 0.270. The highest BCUT2D eigenvalue weighted by atomic mass is 32.3. The third kappa shape index (κ3) is 5.89. The van der Waals surface area contributed by atoms with E-state index in [2.05, 4.69) is 10.2 Å². The van der Waals surface area contributed by atoms with Crippen molar-refractivity contribution in [1.29, 1.82) is 0 Å². The molecular weight excluding hydrogens is 458 g/mol. The van der Waals surface area contributed by atoms with Crippen molar-refractivity contribution in [1.82, 2.24) is 10.0 Å². The summed E-state index contributed by atoms with van der Waals surface area (Å²) in [4.78, 5) is 26.2. The number of sulfonamides is 1. The molecule has 0 fully saturated rings. The minimum absolute atomic E-state index is 0.0193. The summed E-state index contributed by atoms with van der Waals surface area (Å²) in [6.07, 6.45) is 1.40. The predicted octanol–water partition coefficient (Wildman–Crippen LogP) is 1.54. The first kappa shape index (κ1) is 24.5. The lowest BCUT2D eigenvalue weighted by atomic mass is 10.1. The van der Waals surface area contributed by atoms with Gasteiger partial charge in [-0.1, -0.05) is 13.3 Å². The van der Waals surface area contributed by atoms with E-state index in [-0.39, 0.29) is 27.5 Å². The highest BCUT2D eigenvalue weighted by Gasteiger charge is 2.39. The Kier molecular flexibility index (Phi) is 8.19. The average molecular weight is 484 g/mol. The van der Waals surface area contributed by atoms with Gasteiger partial charge in [0.15, 0.2) is 9.84 Å². The van der Waals surface area contributed by atoms with Crippen LogP contribution in [-0.4, -0.2) is 46.2 Å². The first-order valence-corrected chi connectivity index (χ1v) is 13.3. The highest BCUT2D eigenvalue weighted by molar-refractivity contribution is 7.95. The summed E-state index contributed by atoms with van der Waals surface area (Å²) < 4.78 is 52.2. The van der Waals surface area contributed by atoms with Gasteiger partial charge in [-0.3, -0.25) is 4.79 Å². The fraction of sp³-hybridized carbons (Fsp3) is 0.688. The number of unbranched alkanes of at least 4 members (excludes halogenated alkanes) is 2. The molecule has 0 spiro atoms. The van der Waals surface area contributed by atoms with Crippen LogP contribution >= 0.6 is 11.3 Å². The van der Waals surface area contributed by atoms with E-state index in [1.54, 1.807) is 6.92 Å².